The molecule has 3 fully saturated rings. The van der Waals surface area contributed by atoms with Crippen LogP contribution in [0.15, 0.2) is 66.9 Å². The van der Waals surface area contributed by atoms with Crippen LogP contribution in [0.4, 0.5) is 19.0 Å². The highest BCUT2D eigenvalue weighted by Gasteiger charge is 2.33. The quantitative estimate of drug-likeness (QED) is 0.138. The maximum absolute atomic E-state index is 15.4. The first-order chi connectivity index (χ1) is 26.5. The van der Waals surface area contributed by atoms with Gasteiger partial charge in [-0.05, 0) is 119 Å². The number of carbonyl (C=O) groups is 2. The molecule has 0 spiro atoms. The van der Waals surface area contributed by atoms with Crippen LogP contribution in [0, 0.1) is 18.6 Å². The van der Waals surface area contributed by atoms with Crippen molar-refractivity contribution in [2.45, 2.75) is 95.8 Å². The fourth-order valence-electron chi connectivity index (χ4n) is 8.35. The molecule has 3 aromatic carbocycles. The summed E-state index contributed by atoms with van der Waals surface area (Å²) in [5.74, 6) is 0.402. The Morgan fingerprint density at radius 2 is 1.65 bits per heavy atom. The number of alkyl halides is 1. The highest BCUT2D eigenvalue weighted by molar-refractivity contribution is 6.01. The average molecular weight is 747 g/mol. The van der Waals surface area contributed by atoms with E-state index in [4.69, 9.17) is 0 Å². The third kappa shape index (κ3) is 7.72. The second kappa shape index (κ2) is 15.2. The van der Waals surface area contributed by atoms with Gasteiger partial charge in [0, 0.05) is 40.6 Å². The highest BCUT2D eigenvalue weighted by atomic mass is 19.1. The van der Waals surface area contributed by atoms with E-state index in [2.05, 4.69) is 48.7 Å². The number of halogens is 3. The topological polar surface area (TPSA) is 100 Å². The van der Waals surface area contributed by atoms with Gasteiger partial charge in [0.2, 0.25) is 11.8 Å². The minimum atomic E-state index is -1.44. The van der Waals surface area contributed by atoms with Crippen molar-refractivity contribution in [3.05, 3.63) is 118 Å². The highest BCUT2D eigenvalue weighted by Crippen LogP contribution is 2.46. The Labute approximate surface area is 319 Å². The van der Waals surface area contributed by atoms with Crippen molar-refractivity contribution < 1.29 is 22.8 Å². The van der Waals surface area contributed by atoms with Crippen LogP contribution in [0.25, 0.3) is 22.2 Å². The lowest BCUT2D eigenvalue weighted by molar-refractivity contribution is -0.134. The average Bonchev–Trinajstić information content (AvgIpc) is 4.02. The summed E-state index contributed by atoms with van der Waals surface area (Å²) in [5.41, 5.74) is 6.65. The molecule has 2 amide bonds. The van der Waals surface area contributed by atoms with Crippen molar-refractivity contribution in [1.82, 2.24) is 25.2 Å². The zero-order chi connectivity index (χ0) is 38.4. The molecule has 2 aromatic heterocycles. The molecular formula is C44H45F3N6O2. The second-order valence-electron chi connectivity index (χ2n) is 15.5. The van der Waals surface area contributed by atoms with Gasteiger partial charge in [-0.2, -0.15) is 0 Å². The molecule has 3 atom stereocenters. The Bertz CT molecular complexity index is 2280. The fourth-order valence-corrected chi connectivity index (χ4v) is 8.35. The Hall–Kier alpha value is -5.16. The molecule has 284 valence electrons. The lowest BCUT2D eigenvalue weighted by atomic mass is 9.82. The van der Waals surface area contributed by atoms with Gasteiger partial charge in [0.1, 0.15) is 29.4 Å². The smallest absolute Gasteiger partial charge is 0.234 e. The number of fused-ring (bicyclic) bond motifs is 1. The zero-order valence-electron chi connectivity index (χ0n) is 31.3. The van der Waals surface area contributed by atoms with Crippen LogP contribution in [0.3, 0.4) is 0 Å². The number of imide groups is 1. The molecule has 8 nitrogen and oxygen atoms in total. The summed E-state index contributed by atoms with van der Waals surface area (Å²) >= 11 is 0. The minimum absolute atomic E-state index is 0.0129. The monoisotopic (exact) mass is 746 g/mol. The first-order valence-electron chi connectivity index (χ1n) is 19.3. The van der Waals surface area contributed by atoms with Gasteiger partial charge < -0.3 is 5.32 Å². The van der Waals surface area contributed by atoms with E-state index in [1.54, 1.807) is 38.2 Å². The molecule has 0 bridgehead atoms. The molecular weight excluding hydrogens is 702 g/mol. The van der Waals surface area contributed by atoms with Gasteiger partial charge >= 0.3 is 0 Å². The first-order valence-corrected chi connectivity index (χ1v) is 19.3. The number of carbonyl (C=O) groups excluding carboxylic acids is 2. The number of rotatable bonds is 10. The number of piperidine rings is 2. The number of amides is 2. The van der Waals surface area contributed by atoms with E-state index in [1.165, 1.54) is 30.2 Å². The Balaban J connectivity index is 0.978. The molecule has 2 aliphatic heterocycles. The number of anilines is 1. The van der Waals surface area contributed by atoms with Crippen LogP contribution in [-0.2, 0) is 16.1 Å². The van der Waals surface area contributed by atoms with Crippen LogP contribution in [0.1, 0.15) is 122 Å². The summed E-state index contributed by atoms with van der Waals surface area (Å²) in [6.45, 7) is 7.03. The van der Waals surface area contributed by atoms with Crippen LogP contribution in [0.5, 0.6) is 0 Å². The maximum atomic E-state index is 15.4. The molecule has 5 aromatic rings. The SMILES string of the molecule is Cc1nc(NC(C)c2cccc(C(C)F)c2F)c2cc(-c3ccc(F)c(CN4CCC(c5ccc(C6CCC(=O)NC6=O)cc5C5CC5)CC4)c3)ncc2n1. The summed E-state index contributed by atoms with van der Waals surface area (Å²) in [6.07, 6.45) is 5.38. The van der Waals surface area contributed by atoms with Crippen molar-refractivity contribution in [3.8, 4) is 11.3 Å². The first kappa shape index (κ1) is 36.8. The summed E-state index contributed by atoms with van der Waals surface area (Å²) in [6, 6.07) is 17.7. The van der Waals surface area contributed by atoms with Gasteiger partial charge in [0.25, 0.3) is 0 Å². The molecule has 4 heterocycles. The third-order valence-corrected chi connectivity index (χ3v) is 11.5. The number of likely N-dealkylation sites (tertiary alicyclic amines) is 1. The standard InChI is InChI=1S/C44H45F3N6O2/c1-24(45)32-5-4-6-33(42(32)47)25(2)49-43-37-21-39(48-22-40(37)50-26(3)51-43)30-10-13-38(46)31(19-30)23-53-17-15-28(16-18-53)34-11-9-29(20-36(34)27-7-8-27)35-12-14-41(54)52-44(35)55/h4-6,9-11,13,19-22,24-25,27-28,35H,7-8,12,14-18,23H2,1-3H3,(H,49,50,51)(H,52,54,55). The van der Waals surface area contributed by atoms with Crippen molar-refractivity contribution >= 4 is 28.5 Å². The van der Waals surface area contributed by atoms with E-state index in [0.717, 1.165) is 49.9 Å². The molecule has 3 unspecified atom stereocenters. The molecule has 55 heavy (non-hydrogen) atoms. The molecule has 1 saturated carbocycles. The van der Waals surface area contributed by atoms with Crippen LogP contribution < -0.4 is 10.6 Å². The van der Waals surface area contributed by atoms with Crippen molar-refractivity contribution in [2.75, 3.05) is 18.4 Å². The zero-order valence-corrected chi connectivity index (χ0v) is 31.3. The normalized spacial score (nSPS) is 19.3. The van der Waals surface area contributed by atoms with Gasteiger partial charge in [0.15, 0.2) is 0 Å². The van der Waals surface area contributed by atoms with Crippen molar-refractivity contribution in [2.24, 2.45) is 0 Å². The van der Waals surface area contributed by atoms with E-state index in [1.807, 2.05) is 12.1 Å². The van der Waals surface area contributed by atoms with Gasteiger partial charge in [0.05, 0.1) is 29.4 Å². The molecule has 1 aliphatic carbocycles. The van der Waals surface area contributed by atoms with Crippen LogP contribution in [-0.4, -0.2) is 44.8 Å². The molecule has 3 aliphatic rings. The van der Waals surface area contributed by atoms with Crippen molar-refractivity contribution in [1.29, 1.82) is 0 Å². The molecule has 2 saturated heterocycles. The number of aryl methyl sites for hydroxylation is 1. The van der Waals surface area contributed by atoms with E-state index in [-0.39, 0.29) is 29.1 Å². The number of aromatic nitrogens is 3. The van der Waals surface area contributed by atoms with Gasteiger partial charge in [-0.15, -0.1) is 0 Å². The largest absolute Gasteiger partial charge is 0.363 e. The summed E-state index contributed by atoms with van der Waals surface area (Å²) in [7, 11) is 0. The van der Waals surface area contributed by atoms with Gasteiger partial charge in [-0.3, -0.25) is 24.8 Å². The lowest BCUT2D eigenvalue weighted by Gasteiger charge is -2.33. The third-order valence-electron chi connectivity index (χ3n) is 11.5. The number of nitrogens with zero attached hydrogens (tertiary/aromatic N) is 4. The van der Waals surface area contributed by atoms with Gasteiger partial charge in [-0.1, -0.05) is 36.4 Å². The number of hydrogen-bond acceptors (Lipinski definition) is 7. The summed E-state index contributed by atoms with van der Waals surface area (Å²) in [4.78, 5) is 40.5. The molecule has 11 heteroatoms. The van der Waals surface area contributed by atoms with E-state index < -0.39 is 18.0 Å². The Morgan fingerprint density at radius 1 is 0.891 bits per heavy atom. The Kier molecular flexibility index (Phi) is 10.1. The van der Waals surface area contributed by atoms with E-state index in [0.29, 0.717) is 70.6 Å². The minimum Gasteiger partial charge on any atom is -0.363 e. The molecule has 0 radical (unpaired) electrons. The second-order valence-corrected chi connectivity index (χ2v) is 15.5. The van der Waals surface area contributed by atoms with E-state index >= 15 is 8.78 Å². The van der Waals surface area contributed by atoms with Crippen LogP contribution in [0.2, 0.25) is 0 Å². The molecule has 2 N–H and O–H groups in total. The number of pyridine rings is 1. The summed E-state index contributed by atoms with van der Waals surface area (Å²) < 4.78 is 44.7. The van der Waals surface area contributed by atoms with Crippen LogP contribution >= 0.6 is 0 Å². The molecule has 8 rings (SSSR count). The van der Waals surface area contributed by atoms with Crippen molar-refractivity contribution in [3.63, 3.8) is 0 Å². The number of nitrogens with one attached hydrogen (secondary N) is 2. The lowest BCUT2D eigenvalue weighted by Crippen LogP contribution is -2.39. The maximum Gasteiger partial charge on any atom is 0.234 e. The fraction of sp³-hybridized carbons (Fsp3) is 0.386. The summed E-state index contributed by atoms with van der Waals surface area (Å²) in [5, 5.41) is 6.50. The predicted molar refractivity (Wildman–Crippen MR) is 206 cm³/mol. The Morgan fingerprint density at radius 3 is 2.40 bits per heavy atom. The van der Waals surface area contributed by atoms with Gasteiger partial charge in [-0.25, -0.2) is 23.1 Å². The van der Waals surface area contributed by atoms with E-state index in [9.17, 15) is 14.0 Å². The number of benzene rings is 3. The number of hydrogen-bond donors (Lipinski definition) is 2. The predicted octanol–water partition coefficient (Wildman–Crippen LogP) is 9.26.